The van der Waals surface area contributed by atoms with Gasteiger partial charge in [-0.1, -0.05) is 45.8 Å². The van der Waals surface area contributed by atoms with Crippen LogP contribution < -0.4 is 0 Å². The molecule has 1 aromatic rings. The molecule has 7 nitrogen and oxygen atoms in total. The lowest BCUT2D eigenvalue weighted by molar-refractivity contribution is 0.301. The number of rotatable bonds is 7. The molecule has 0 aromatic heterocycles. The first-order chi connectivity index (χ1) is 10.1. The van der Waals surface area contributed by atoms with Crippen molar-refractivity contribution in [2.45, 2.75) is 13.8 Å². The van der Waals surface area contributed by atoms with Gasteiger partial charge in [0.25, 0.3) is 0 Å². The fourth-order valence-corrected chi connectivity index (χ4v) is 1.90. The van der Waals surface area contributed by atoms with Crippen LogP contribution in [-0.2, 0) is 0 Å². The predicted molar refractivity (Wildman–Crippen MR) is 81.0 cm³/mol. The molecular formula is C14H20N4O3. The molecule has 0 fully saturated rings. The highest BCUT2D eigenvalue weighted by molar-refractivity contribution is 6.02. The lowest BCUT2D eigenvalue weighted by Crippen LogP contribution is -2.37. The quantitative estimate of drug-likeness (QED) is 0.405. The highest BCUT2D eigenvalue weighted by atomic mass is 16.4. The summed E-state index contributed by atoms with van der Waals surface area (Å²) in [6, 6.07) is 9.26. The number of hydrogen-bond donors (Lipinski definition) is 3. The molecule has 1 rings (SSSR count). The standard InChI is InChI=1S/C14H20N4O3/c1-11(15-19)8-18(9-12(2)16-20)10-14(17-21)13-6-4-3-5-7-13/h3-7,19-21H,8-10H2,1-2H3/b15-11-,16-12-,17-14-. The van der Waals surface area contributed by atoms with Gasteiger partial charge in [0.15, 0.2) is 0 Å². The minimum absolute atomic E-state index is 0.320. The van der Waals surface area contributed by atoms with E-state index in [0.29, 0.717) is 36.8 Å². The van der Waals surface area contributed by atoms with Gasteiger partial charge in [0, 0.05) is 25.2 Å². The van der Waals surface area contributed by atoms with Crippen LogP contribution in [-0.4, -0.2) is 57.3 Å². The summed E-state index contributed by atoms with van der Waals surface area (Å²) in [6.45, 7) is 4.39. The SMILES string of the molecule is C/C(CN(C/C(C)=N\O)C/C(=N/O)c1ccccc1)=N/O. The van der Waals surface area contributed by atoms with E-state index in [-0.39, 0.29) is 0 Å². The molecule has 0 atom stereocenters. The summed E-state index contributed by atoms with van der Waals surface area (Å²) in [5.74, 6) is 0. The molecule has 1 aromatic carbocycles. The Morgan fingerprint density at radius 3 is 1.81 bits per heavy atom. The Hall–Kier alpha value is -2.41. The van der Waals surface area contributed by atoms with E-state index in [2.05, 4.69) is 15.5 Å². The number of nitrogens with zero attached hydrogens (tertiary/aromatic N) is 4. The fourth-order valence-electron chi connectivity index (χ4n) is 1.90. The molecule has 0 heterocycles. The fraction of sp³-hybridized carbons (Fsp3) is 0.357. The third-order valence-electron chi connectivity index (χ3n) is 2.85. The van der Waals surface area contributed by atoms with Gasteiger partial charge in [-0.05, 0) is 13.8 Å². The molecule has 0 amide bonds. The summed E-state index contributed by atoms with van der Waals surface area (Å²) in [7, 11) is 0. The van der Waals surface area contributed by atoms with Crippen LogP contribution in [0.25, 0.3) is 0 Å². The third-order valence-corrected chi connectivity index (χ3v) is 2.85. The smallest absolute Gasteiger partial charge is 0.101 e. The van der Waals surface area contributed by atoms with Crippen molar-refractivity contribution in [1.29, 1.82) is 0 Å². The molecule has 0 unspecified atom stereocenters. The molecule has 3 N–H and O–H groups in total. The molecule has 0 aliphatic heterocycles. The first-order valence-corrected chi connectivity index (χ1v) is 6.44. The van der Waals surface area contributed by atoms with Gasteiger partial charge in [-0.25, -0.2) is 0 Å². The maximum Gasteiger partial charge on any atom is 0.101 e. The summed E-state index contributed by atoms with van der Waals surface area (Å²) in [5.41, 5.74) is 2.28. The van der Waals surface area contributed by atoms with Gasteiger partial charge in [0.1, 0.15) is 5.71 Å². The van der Waals surface area contributed by atoms with Gasteiger partial charge in [-0.15, -0.1) is 0 Å². The van der Waals surface area contributed by atoms with Crippen LogP contribution in [0, 0.1) is 0 Å². The molecule has 0 saturated carbocycles. The van der Waals surface area contributed by atoms with Gasteiger partial charge in [-0.2, -0.15) is 0 Å². The van der Waals surface area contributed by atoms with E-state index in [0.717, 1.165) is 5.56 Å². The van der Waals surface area contributed by atoms with Crippen LogP contribution in [0.4, 0.5) is 0 Å². The molecule has 7 heteroatoms. The molecule has 0 spiro atoms. The zero-order valence-corrected chi connectivity index (χ0v) is 12.1. The molecule has 0 bridgehead atoms. The highest BCUT2D eigenvalue weighted by Crippen LogP contribution is 2.04. The zero-order valence-electron chi connectivity index (χ0n) is 12.1. The van der Waals surface area contributed by atoms with E-state index in [1.54, 1.807) is 13.8 Å². The van der Waals surface area contributed by atoms with Crippen molar-refractivity contribution < 1.29 is 15.6 Å². The average Bonchev–Trinajstić information content (AvgIpc) is 2.52. The molecule has 0 aliphatic carbocycles. The maximum atomic E-state index is 9.21. The van der Waals surface area contributed by atoms with Gasteiger partial charge in [-0.3, -0.25) is 4.90 Å². The minimum atomic E-state index is 0.320. The minimum Gasteiger partial charge on any atom is -0.411 e. The summed E-state index contributed by atoms with van der Waals surface area (Å²) >= 11 is 0. The van der Waals surface area contributed by atoms with Gasteiger partial charge >= 0.3 is 0 Å². The van der Waals surface area contributed by atoms with Crippen LogP contribution in [0.3, 0.4) is 0 Å². The normalized spacial score (nSPS) is 13.8. The lowest BCUT2D eigenvalue weighted by Gasteiger charge is -2.21. The van der Waals surface area contributed by atoms with E-state index in [9.17, 15) is 5.21 Å². The largest absolute Gasteiger partial charge is 0.411 e. The summed E-state index contributed by atoms with van der Waals surface area (Å²) in [4.78, 5) is 1.84. The Morgan fingerprint density at radius 2 is 1.38 bits per heavy atom. The van der Waals surface area contributed by atoms with Crippen molar-refractivity contribution >= 4 is 17.1 Å². The molecule has 0 radical (unpaired) electrons. The van der Waals surface area contributed by atoms with Crippen molar-refractivity contribution in [1.82, 2.24) is 4.90 Å². The molecular weight excluding hydrogens is 272 g/mol. The molecule has 0 saturated heterocycles. The third kappa shape index (κ3) is 5.62. The highest BCUT2D eigenvalue weighted by Gasteiger charge is 2.14. The van der Waals surface area contributed by atoms with Crippen LogP contribution in [0.1, 0.15) is 19.4 Å². The van der Waals surface area contributed by atoms with Crippen LogP contribution in [0.2, 0.25) is 0 Å². The Labute approximate surface area is 123 Å². The topological polar surface area (TPSA) is 101 Å². The van der Waals surface area contributed by atoms with Crippen molar-refractivity contribution in [3.8, 4) is 0 Å². The first kappa shape index (κ1) is 16.6. The van der Waals surface area contributed by atoms with Crippen molar-refractivity contribution in [3.63, 3.8) is 0 Å². The van der Waals surface area contributed by atoms with Gasteiger partial charge in [0.05, 0.1) is 11.4 Å². The molecule has 114 valence electrons. The second-order valence-corrected chi connectivity index (χ2v) is 4.73. The van der Waals surface area contributed by atoms with E-state index in [4.69, 9.17) is 10.4 Å². The van der Waals surface area contributed by atoms with Crippen molar-refractivity contribution in [3.05, 3.63) is 35.9 Å². The number of benzene rings is 1. The summed E-state index contributed by atoms with van der Waals surface area (Å²) < 4.78 is 0. The summed E-state index contributed by atoms with van der Waals surface area (Å²) in [5, 5.41) is 36.4. The van der Waals surface area contributed by atoms with Crippen LogP contribution >= 0.6 is 0 Å². The average molecular weight is 292 g/mol. The van der Waals surface area contributed by atoms with E-state index in [1.165, 1.54) is 0 Å². The number of oxime groups is 3. The van der Waals surface area contributed by atoms with E-state index >= 15 is 0 Å². The van der Waals surface area contributed by atoms with E-state index in [1.807, 2.05) is 35.2 Å². The lowest BCUT2D eigenvalue weighted by atomic mass is 10.1. The van der Waals surface area contributed by atoms with Gasteiger partial charge < -0.3 is 15.6 Å². The Balaban J connectivity index is 2.88. The Morgan fingerprint density at radius 1 is 0.857 bits per heavy atom. The Kier molecular flexibility index (Phi) is 6.90. The van der Waals surface area contributed by atoms with Crippen LogP contribution in [0.15, 0.2) is 45.8 Å². The second-order valence-electron chi connectivity index (χ2n) is 4.73. The zero-order chi connectivity index (χ0) is 15.7. The van der Waals surface area contributed by atoms with Crippen molar-refractivity contribution in [2.75, 3.05) is 19.6 Å². The second kappa shape index (κ2) is 8.70. The van der Waals surface area contributed by atoms with Crippen LogP contribution in [0.5, 0.6) is 0 Å². The first-order valence-electron chi connectivity index (χ1n) is 6.44. The maximum absolute atomic E-state index is 9.21. The monoisotopic (exact) mass is 292 g/mol. The molecule has 0 aliphatic rings. The predicted octanol–water partition coefficient (Wildman–Crippen LogP) is 1.87. The molecule has 21 heavy (non-hydrogen) atoms. The van der Waals surface area contributed by atoms with Gasteiger partial charge in [0.2, 0.25) is 0 Å². The van der Waals surface area contributed by atoms with Crippen molar-refractivity contribution in [2.24, 2.45) is 15.5 Å². The summed E-state index contributed by atoms with van der Waals surface area (Å²) in [6.07, 6.45) is 0. The Bertz CT molecular complexity index is 506. The van der Waals surface area contributed by atoms with E-state index < -0.39 is 0 Å². The number of hydrogen-bond acceptors (Lipinski definition) is 7.